The summed E-state index contributed by atoms with van der Waals surface area (Å²) in [6, 6.07) is 1.85. The highest BCUT2D eigenvalue weighted by Gasteiger charge is 2.24. The van der Waals surface area contributed by atoms with Crippen molar-refractivity contribution in [3.63, 3.8) is 0 Å². The maximum Gasteiger partial charge on any atom is 0.315 e. The lowest BCUT2D eigenvalue weighted by molar-refractivity contribution is 0.234. The summed E-state index contributed by atoms with van der Waals surface area (Å²) in [7, 11) is 0. The molecule has 0 fully saturated rings. The van der Waals surface area contributed by atoms with E-state index in [0.717, 1.165) is 54.1 Å². The molecule has 0 aliphatic heterocycles. The standard InChI is InChI=1S/C17H24N4O2/c1-4-21-12(3)14(11(2)20-21)10-18-17(22)19-15-6-5-7-16-13(15)8-9-23-16/h8-9,15H,4-7,10H2,1-3H3,(H2,18,19,22). The summed E-state index contributed by atoms with van der Waals surface area (Å²) >= 11 is 0. The fourth-order valence-electron chi connectivity index (χ4n) is 3.31. The highest BCUT2D eigenvalue weighted by Crippen LogP contribution is 2.30. The van der Waals surface area contributed by atoms with E-state index in [-0.39, 0.29) is 12.1 Å². The predicted molar refractivity (Wildman–Crippen MR) is 87.1 cm³/mol. The smallest absolute Gasteiger partial charge is 0.315 e. The van der Waals surface area contributed by atoms with Gasteiger partial charge in [-0.3, -0.25) is 4.68 Å². The third-order valence-corrected chi connectivity index (χ3v) is 4.61. The zero-order valence-electron chi connectivity index (χ0n) is 14.0. The summed E-state index contributed by atoms with van der Waals surface area (Å²) in [6.45, 7) is 7.41. The summed E-state index contributed by atoms with van der Waals surface area (Å²) in [5, 5.41) is 10.5. The van der Waals surface area contributed by atoms with Gasteiger partial charge in [-0.05, 0) is 39.7 Å². The molecule has 1 unspecified atom stereocenters. The fourth-order valence-corrected chi connectivity index (χ4v) is 3.31. The molecule has 124 valence electrons. The second kappa shape index (κ2) is 6.48. The highest BCUT2D eigenvalue weighted by atomic mass is 16.3. The number of aromatic nitrogens is 2. The first-order valence-corrected chi connectivity index (χ1v) is 8.23. The molecule has 6 heteroatoms. The second-order valence-electron chi connectivity index (χ2n) is 6.04. The topological polar surface area (TPSA) is 72.1 Å². The van der Waals surface area contributed by atoms with Crippen LogP contribution >= 0.6 is 0 Å². The van der Waals surface area contributed by atoms with Gasteiger partial charge in [-0.25, -0.2) is 4.79 Å². The Morgan fingerprint density at radius 3 is 3.04 bits per heavy atom. The number of carbonyl (C=O) groups is 1. The molecule has 0 bridgehead atoms. The van der Waals surface area contributed by atoms with Gasteiger partial charge in [0.2, 0.25) is 0 Å². The summed E-state index contributed by atoms with van der Waals surface area (Å²) < 4.78 is 7.42. The lowest BCUT2D eigenvalue weighted by Crippen LogP contribution is -2.38. The number of fused-ring (bicyclic) bond motifs is 1. The number of nitrogens with zero attached hydrogens (tertiary/aromatic N) is 2. The third-order valence-electron chi connectivity index (χ3n) is 4.61. The van der Waals surface area contributed by atoms with Gasteiger partial charge in [-0.1, -0.05) is 0 Å². The van der Waals surface area contributed by atoms with Crippen molar-refractivity contribution < 1.29 is 9.21 Å². The molecule has 1 aliphatic carbocycles. The lowest BCUT2D eigenvalue weighted by atomic mass is 9.93. The molecule has 0 spiro atoms. The van der Waals surface area contributed by atoms with Crippen LogP contribution in [0.2, 0.25) is 0 Å². The number of urea groups is 1. The minimum Gasteiger partial charge on any atom is -0.469 e. The van der Waals surface area contributed by atoms with Crippen LogP contribution in [0.3, 0.4) is 0 Å². The number of hydrogen-bond acceptors (Lipinski definition) is 3. The van der Waals surface area contributed by atoms with Crippen molar-refractivity contribution in [1.29, 1.82) is 0 Å². The van der Waals surface area contributed by atoms with E-state index in [1.54, 1.807) is 6.26 Å². The molecule has 6 nitrogen and oxygen atoms in total. The molecule has 1 aliphatic rings. The third kappa shape index (κ3) is 3.11. The van der Waals surface area contributed by atoms with Crippen molar-refractivity contribution in [3.05, 3.63) is 40.6 Å². The van der Waals surface area contributed by atoms with Crippen molar-refractivity contribution >= 4 is 6.03 Å². The van der Waals surface area contributed by atoms with Crippen LogP contribution in [0.5, 0.6) is 0 Å². The normalized spacial score (nSPS) is 16.9. The Morgan fingerprint density at radius 2 is 2.30 bits per heavy atom. The van der Waals surface area contributed by atoms with E-state index >= 15 is 0 Å². The summed E-state index contributed by atoms with van der Waals surface area (Å²) in [5.41, 5.74) is 4.28. The summed E-state index contributed by atoms with van der Waals surface area (Å²) in [5.74, 6) is 0.998. The molecule has 0 aromatic carbocycles. The molecule has 0 radical (unpaired) electrons. The van der Waals surface area contributed by atoms with Gasteiger partial charge in [0, 0.05) is 36.3 Å². The van der Waals surface area contributed by atoms with Crippen molar-refractivity contribution in [1.82, 2.24) is 20.4 Å². The fraction of sp³-hybridized carbons (Fsp3) is 0.529. The first-order chi connectivity index (χ1) is 11.1. The van der Waals surface area contributed by atoms with Crippen LogP contribution in [-0.4, -0.2) is 15.8 Å². The molecule has 3 rings (SSSR count). The van der Waals surface area contributed by atoms with Crippen LogP contribution in [0.15, 0.2) is 16.7 Å². The minimum atomic E-state index is -0.146. The number of furan rings is 1. The van der Waals surface area contributed by atoms with Crippen molar-refractivity contribution in [2.24, 2.45) is 0 Å². The van der Waals surface area contributed by atoms with Crippen LogP contribution in [0.4, 0.5) is 4.79 Å². The maximum atomic E-state index is 12.2. The lowest BCUT2D eigenvalue weighted by Gasteiger charge is -2.22. The molecule has 2 heterocycles. The molecule has 2 aromatic rings. The molecule has 0 saturated carbocycles. The van der Waals surface area contributed by atoms with E-state index in [1.165, 1.54) is 0 Å². The molecular weight excluding hydrogens is 292 g/mol. The Hall–Kier alpha value is -2.24. The predicted octanol–water partition coefficient (Wildman–Crippen LogP) is 2.99. The number of carbonyl (C=O) groups excluding carboxylic acids is 1. The van der Waals surface area contributed by atoms with Gasteiger partial charge >= 0.3 is 6.03 Å². The van der Waals surface area contributed by atoms with Gasteiger partial charge in [-0.2, -0.15) is 5.10 Å². The number of aryl methyl sites for hydroxylation is 3. The Labute approximate surface area is 136 Å². The van der Waals surface area contributed by atoms with Gasteiger partial charge in [-0.15, -0.1) is 0 Å². The van der Waals surface area contributed by atoms with Crippen molar-refractivity contribution in [2.75, 3.05) is 0 Å². The van der Waals surface area contributed by atoms with E-state index in [2.05, 4.69) is 22.7 Å². The first kappa shape index (κ1) is 15.6. The van der Waals surface area contributed by atoms with E-state index in [4.69, 9.17) is 4.42 Å². The summed E-state index contributed by atoms with van der Waals surface area (Å²) in [6.07, 6.45) is 4.64. The minimum absolute atomic E-state index is 0.0399. The van der Waals surface area contributed by atoms with Crippen LogP contribution in [-0.2, 0) is 19.5 Å². The van der Waals surface area contributed by atoms with Crippen LogP contribution in [0.25, 0.3) is 0 Å². The van der Waals surface area contributed by atoms with Crippen LogP contribution in [0.1, 0.15) is 54.1 Å². The van der Waals surface area contributed by atoms with E-state index < -0.39 is 0 Å². The SMILES string of the molecule is CCn1nc(C)c(CNC(=O)NC2CCCc3occc32)c1C. The molecule has 2 aromatic heterocycles. The highest BCUT2D eigenvalue weighted by molar-refractivity contribution is 5.74. The Morgan fingerprint density at radius 1 is 1.48 bits per heavy atom. The Bertz CT molecular complexity index is 702. The number of amides is 2. The quantitative estimate of drug-likeness (QED) is 0.911. The average molecular weight is 316 g/mol. The van der Waals surface area contributed by atoms with Crippen molar-refractivity contribution in [2.45, 2.75) is 59.2 Å². The van der Waals surface area contributed by atoms with Gasteiger partial charge in [0.25, 0.3) is 0 Å². The monoisotopic (exact) mass is 316 g/mol. The molecule has 23 heavy (non-hydrogen) atoms. The zero-order chi connectivity index (χ0) is 16.4. The maximum absolute atomic E-state index is 12.2. The average Bonchev–Trinajstić information content (AvgIpc) is 3.11. The van der Waals surface area contributed by atoms with Gasteiger partial charge < -0.3 is 15.1 Å². The Balaban J connectivity index is 1.60. The van der Waals surface area contributed by atoms with Gasteiger partial charge in [0.05, 0.1) is 18.0 Å². The summed E-state index contributed by atoms with van der Waals surface area (Å²) in [4.78, 5) is 12.2. The second-order valence-corrected chi connectivity index (χ2v) is 6.04. The zero-order valence-corrected chi connectivity index (χ0v) is 14.0. The molecule has 2 N–H and O–H groups in total. The van der Waals surface area contributed by atoms with E-state index in [1.807, 2.05) is 24.6 Å². The van der Waals surface area contributed by atoms with Gasteiger partial charge in [0.15, 0.2) is 0 Å². The largest absolute Gasteiger partial charge is 0.469 e. The molecule has 0 saturated heterocycles. The molecular formula is C17H24N4O2. The first-order valence-electron chi connectivity index (χ1n) is 8.23. The van der Waals surface area contributed by atoms with Crippen molar-refractivity contribution in [3.8, 4) is 0 Å². The van der Waals surface area contributed by atoms with Crippen LogP contribution in [0, 0.1) is 13.8 Å². The number of nitrogens with one attached hydrogen (secondary N) is 2. The Kier molecular flexibility index (Phi) is 4.41. The van der Waals surface area contributed by atoms with E-state index in [0.29, 0.717) is 6.54 Å². The number of rotatable bonds is 4. The van der Waals surface area contributed by atoms with Crippen LogP contribution < -0.4 is 10.6 Å². The van der Waals surface area contributed by atoms with E-state index in [9.17, 15) is 4.79 Å². The molecule has 2 amide bonds. The molecule has 1 atom stereocenters. The number of hydrogen-bond donors (Lipinski definition) is 2. The van der Waals surface area contributed by atoms with Gasteiger partial charge in [0.1, 0.15) is 5.76 Å².